The summed E-state index contributed by atoms with van der Waals surface area (Å²) in [5.74, 6) is -0.147. The largest absolute Gasteiger partial charge is 0.472 e. The summed E-state index contributed by atoms with van der Waals surface area (Å²) in [4.78, 5) is 23.3. The third kappa shape index (κ3) is 57.1. The maximum atomic E-state index is 13.0. The van der Waals surface area contributed by atoms with E-state index in [9.17, 15) is 19.4 Å². The van der Waals surface area contributed by atoms with Gasteiger partial charge in [0.1, 0.15) is 13.2 Å². The molecule has 3 atom stereocenters. The van der Waals surface area contributed by atoms with Gasteiger partial charge in [0.05, 0.1) is 39.9 Å². The number of nitrogens with one attached hydrogen (secondary N) is 1. The van der Waals surface area contributed by atoms with E-state index in [0.717, 1.165) is 89.9 Å². The Labute approximate surface area is 458 Å². The highest BCUT2D eigenvalue weighted by Gasteiger charge is 2.28. The number of phosphoric ester groups is 1. The van der Waals surface area contributed by atoms with E-state index in [4.69, 9.17) is 9.05 Å². The summed E-state index contributed by atoms with van der Waals surface area (Å²) in [6, 6.07) is -0.764. The van der Waals surface area contributed by atoms with Crippen molar-refractivity contribution in [2.24, 2.45) is 0 Å². The molecule has 9 heteroatoms. The first-order valence-corrected chi connectivity index (χ1v) is 32.1. The Morgan fingerprint density at radius 1 is 0.473 bits per heavy atom. The van der Waals surface area contributed by atoms with Crippen molar-refractivity contribution in [2.75, 3.05) is 40.9 Å². The summed E-state index contributed by atoms with van der Waals surface area (Å²) in [7, 11) is 1.61. The van der Waals surface area contributed by atoms with Crippen molar-refractivity contribution in [3.8, 4) is 0 Å². The number of carbonyl (C=O) groups is 1. The molecule has 428 valence electrons. The second-order valence-corrected chi connectivity index (χ2v) is 23.2. The van der Waals surface area contributed by atoms with Gasteiger partial charge in [-0.2, -0.15) is 0 Å². The summed E-state index contributed by atoms with van der Waals surface area (Å²) < 4.78 is 23.7. The van der Waals surface area contributed by atoms with E-state index in [-0.39, 0.29) is 19.1 Å². The summed E-state index contributed by atoms with van der Waals surface area (Å²) in [5.41, 5.74) is 0. The van der Waals surface area contributed by atoms with Crippen molar-refractivity contribution in [1.29, 1.82) is 0 Å². The monoisotopic (exact) mass is 1050 g/mol. The molecule has 0 aliphatic carbocycles. The normalized spacial score (nSPS) is 14.5. The average molecular weight is 1050 g/mol. The van der Waals surface area contributed by atoms with Crippen LogP contribution in [0.15, 0.2) is 97.2 Å². The number of aliphatic hydroxyl groups is 1. The van der Waals surface area contributed by atoms with Crippen LogP contribution in [0.4, 0.5) is 0 Å². The molecule has 0 aromatic carbocycles. The number of unbranched alkanes of at least 4 members (excludes halogenated alkanes) is 26. The molecule has 0 bridgehead atoms. The predicted octanol–water partition coefficient (Wildman–Crippen LogP) is 19.0. The van der Waals surface area contributed by atoms with Crippen LogP contribution in [-0.4, -0.2) is 73.4 Å². The quantitative estimate of drug-likeness (QED) is 0.0243. The van der Waals surface area contributed by atoms with E-state index in [1.165, 1.54) is 141 Å². The van der Waals surface area contributed by atoms with Crippen molar-refractivity contribution >= 4 is 13.7 Å². The van der Waals surface area contributed by atoms with Crippen LogP contribution in [0.2, 0.25) is 0 Å². The van der Waals surface area contributed by atoms with Crippen LogP contribution in [0.5, 0.6) is 0 Å². The van der Waals surface area contributed by atoms with Gasteiger partial charge in [0.15, 0.2) is 0 Å². The summed E-state index contributed by atoms with van der Waals surface area (Å²) in [5, 5.41) is 14.0. The van der Waals surface area contributed by atoms with Gasteiger partial charge in [0.25, 0.3) is 0 Å². The summed E-state index contributed by atoms with van der Waals surface area (Å²) in [6.07, 6.45) is 79.1. The number of allylic oxidation sites excluding steroid dienone is 16. The molecular formula is C65H118N2O6P+. The number of hydrogen-bond donors (Lipinski definition) is 3. The minimum absolute atomic E-state index is 0.0720. The molecule has 0 saturated carbocycles. The Morgan fingerprint density at radius 2 is 0.811 bits per heavy atom. The Balaban J connectivity index is 3.99. The minimum Gasteiger partial charge on any atom is -0.391 e. The van der Waals surface area contributed by atoms with E-state index < -0.39 is 20.0 Å². The highest BCUT2D eigenvalue weighted by atomic mass is 31.2. The van der Waals surface area contributed by atoms with Crippen LogP contribution in [0.25, 0.3) is 0 Å². The zero-order valence-electron chi connectivity index (χ0n) is 48.8. The fraction of sp³-hybridized carbons (Fsp3) is 0.738. The first kappa shape index (κ1) is 71.4. The van der Waals surface area contributed by atoms with Crippen LogP contribution in [-0.2, 0) is 18.4 Å². The molecule has 0 heterocycles. The molecule has 0 fully saturated rings. The van der Waals surface area contributed by atoms with Crippen LogP contribution in [0.3, 0.4) is 0 Å². The lowest BCUT2D eigenvalue weighted by molar-refractivity contribution is -0.870. The van der Waals surface area contributed by atoms with Crippen LogP contribution < -0.4 is 5.32 Å². The molecule has 0 aromatic rings. The van der Waals surface area contributed by atoms with Gasteiger partial charge in [-0.05, 0) is 77.0 Å². The molecule has 0 radical (unpaired) electrons. The molecular weight excluding hydrogens is 936 g/mol. The standard InChI is InChI=1S/C65H117N2O6P/c1-6-8-10-12-14-16-18-20-21-22-23-24-25-26-27-28-29-30-31-32-33-34-35-36-37-38-39-40-41-42-43-44-45-47-49-51-53-55-57-59-65(69)66-63(62-73-74(70,71)72-61-60-67(3,4)5)64(68)58-56-54-52-50-48-46-19-17-15-13-11-9-7-2/h8,10,14,16,20-21,23-24,26-27,29-30,32-33,35-36,63-64,68H,6-7,9,11-13,15,17-19,22,25,28,31,34,37-62H2,1-5H3,(H-,66,69,70,71)/p+1/b10-8-,16-14-,21-20-,24-23-,27-26-,30-29-,33-32-,36-35-. The van der Waals surface area contributed by atoms with Gasteiger partial charge >= 0.3 is 7.82 Å². The number of nitrogens with zero attached hydrogens (tertiary/aromatic N) is 1. The molecule has 1 amide bonds. The van der Waals surface area contributed by atoms with Crippen LogP contribution >= 0.6 is 7.82 Å². The molecule has 0 rings (SSSR count). The van der Waals surface area contributed by atoms with Crippen molar-refractivity contribution < 1.29 is 32.9 Å². The number of likely N-dealkylation sites (N-methyl/N-ethyl adjacent to an activating group) is 1. The number of hydrogen-bond acceptors (Lipinski definition) is 5. The fourth-order valence-electron chi connectivity index (χ4n) is 8.59. The summed E-state index contributed by atoms with van der Waals surface area (Å²) >= 11 is 0. The molecule has 74 heavy (non-hydrogen) atoms. The molecule has 0 saturated heterocycles. The fourth-order valence-corrected chi connectivity index (χ4v) is 9.33. The second kappa shape index (κ2) is 55.2. The van der Waals surface area contributed by atoms with Crippen LogP contribution in [0, 0.1) is 0 Å². The van der Waals surface area contributed by atoms with Gasteiger partial charge in [-0.1, -0.05) is 272 Å². The molecule has 0 spiro atoms. The van der Waals surface area contributed by atoms with Gasteiger partial charge in [0, 0.05) is 6.42 Å². The lowest BCUT2D eigenvalue weighted by Gasteiger charge is -2.26. The maximum Gasteiger partial charge on any atom is 0.472 e. The van der Waals surface area contributed by atoms with Gasteiger partial charge in [-0.3, -0.25) is 13.8 Å². The molecule has 0 aliphatic rings. The molecule has 0 aliphatic heterocycles. The Hall–Kier alpha value is -2.58. The number of rotatable bonds is 55. The number of quaternary nitrogens is 1. The van der Waals surface area contributed by atoms with Gasteiger partial charge in [0.2, 0.25) is 5.91 Å². The molecule has 3 unspecified atom stereocenters. The lowest BCUT2D eigenvalue weighted by Crippen LogP contribution is -2.46. The van der Waals surface area contributed by atoms with E-state index in [2.05, 4.69) is 116 Å². The van der Waals surface area contributed by atoms with E-state index in [1.807, 2.05) is 21.1 Å². The van der Waals surface area contributed by atoms with Gasteiger partial charge in [-0.15, -0.1) is 0 Å². The summed E-state index contributed by atoms with van der Waals surface area (Å²) in [6.45, 7) is 4.77. The second-order valence-electron chi connectivity index (χ2n) is 21.7. The first-order valence-electron chi connectivity index (χ1n) is 30.6. The molecule has 0 aromatic heterocycles. The molecule has 3 N–H and O–H groups in total. The Kier molecular flexibility index (Phi) is 53.3. The number of amides is 1. The Morgan fingerprint density at radius 3 is 1.19 bits per heavy atom. The smallest absolute Gasteiger partial charge is 0.391 e. The highest BCUT2D eigenvalue weighted by molar-refractivity contribution is 7.47. The van der Waals surface area contributed by atoms with E-state index >= 15 is 0 Å². The van der Waals surface area contributed by atoms with Crippen LogP contribution in [0.1, 0.15) is 258 Å². The predicted molar refractivity (Wildman–Crippen MR) is 322 cm³/mol. The van der Waals surface area contributed by atoms with Gasteiger partial charge in [-0.25, -0.2) is 4.57 Å². The van der Waals surface area contributed by atoms with Gasteiger partial charge < -0.3 is 19.8 Å². The maximum absolute atomic E-state index is 13.0. The van der Waals surface area contributed by atoms with E-state index in [1.54, 1.807) is 0 Å². The number of aliphatic hydroxyl groups excluding tert-OH is 1. The van der Waals surface area contributed by atoms with Crippen molar-refractivity contribution in [3.05, 3.63) is 97.2 Å². The van der Waals surface area contributed by atoms with Crippen molar-refractivity contribution in [2.45, 2.75) is 270 Å². The zero-order chi connectivity index (χ0) is 54.2. The van der Waals surface area contributed by atoms with Crippen molar-refractivity contribution in [1.82, 2.24) is 5.32 Å². The highest BCUT2D eigenvalue weighted by Crippen LogP contribution is 2.43. The first-order chi connectivity index (χ1) is 36.0. The zero-order valence-corrected chi connectivity index (χ0v) is 49.7. The SMILES string of the molecule is CC/C=C\C/C=C\C/C=C\C/C=C\C/C=C\C/C=C\C/C=C\C/C=C\CCCCCCCCCCCCCCCCC(=O)NC(COP(=O)(O)OCC[N+](C)(C)C)C(O)CCCCCCCCCCCCCCC. The Bertz CT molecular complexity index is 1520. The number of phosphoric acid groups is 1. The molecule has 8 nitrogen and oxygen atoms in total. The topological polar surface area (TPSA) is 105 Å². The lowest BCUT2D eigenvalue weighted by atomic mass is 10.0. The minimum atomic E-state index is -4.32. The third-order valence-corrected chi connectivity index (χ3v) is 14.3. The van der Waals surface area contributed by atoms with E-state index in [0.29, 0.717) is 23.9 Å². The van der Waals surface area contributed by atoms with Crippen molar-refractivity contribution in [3.63, 3.8) is 0 Å². The average Bonchev–Trinajstić information content (AvgIpc) is 3.36. The number of carbonyl (C=O) groups excluding carboxylic acids is 1. The third-order valence-electron chi connectivity index (χ3n) is 13.3.